The van der Waals surface area contributed by atoms with E-state index in [0.717, 1.165) is 48.8 Å². The molecule has 0 unspecified atom stereocenters. The van der Waals surface area contributed by atoms with Crippen LogP contribution in [0.25, 0.3) is 0 Å². The first-order valence-corrected chi connectivity index (χ1v) is 11.2. The molecule has 1 fully saturated rings. The first kappa shape index (κ1) is 22.4. The van der Waals surface area contributed by atoms with Gasteiger partial charge in [-0.05, 0) is 57.7 Å². The quantitative estimate of drug-likeness (QED) is 0.743. The van der Waals surface area contributed by atoms with Crippen molar-refractivity contribution < 1.29 is 4.79 Å². The van der Waals surface area contributed by atoms with Crippen LogP contribution < -0.4 is 5.32 Å². The van der Waals surface area contributed by atoms with E-state index in [-0.39, 0.29) is 11.9 Å². The van der Waals surface area contributed by atoms with E-state index in [2.05, 4.69) is 48.3 Å². The van der Waals surface area contributed by atoms with Crippen LogP contribution in [0.2, 0.25) is 0 Å². The van der Waals surface area contributed by atoms with Crippen LogP contribution in [0.3, 0.4) is 0 Å². The molecule has 1 amide bonds. The molecule has 1 saturated heterocycles. The number of amides is 1. The molecule has 1 aromatic carbocycles. The summed E-state index contributed by atoms with van der Waals surface area (Å²) in [5.74, 6) is 1.88. The first-order chi connectivity index (χ1) is 14.2. The Bertz CT molecular complexity index is 850. The lowest BCUT2D eigenvalue weighted by atomic mass is 10.0. The minimum atomic E-state index is 0.0306. The highest BCUT2D eigenvalue weighted by molar-refractivity contribution is 5.79. The minimum Gasteiger partial charge on any atom is -0.354 e. The van der Waals surface area contributed by atoms with Crippen molar-refractivity contribution in [2.75, 3.05) is 13.1 Å². The smallest absolute Gasteiger partial charge is 0.224 e. The van der Waals surface area contributed by atoms with Crippen LogP contribution in [0, 0.1) is 13.8 Å². The summed E-state index contributed by atoms with van der Waals surface area (Å²) in [4.78, 5) is 24.3. The van der Waals surface area contributed by atoms with Gasteiger partial charge in [0.25, 0.3) is 0 Å². The largest absolute Gasteiger partial charge is 0.354 e. The summed E-state index contributed by atoms with van der Waals surface area (Å²) >= 11 is 0. The molecule has 1 N–H and O–H groups in total. The third kappa shape index (κ3) is 5.66. The van der Waals surface area contributed by atoms with E-state index in [9.17, 15) is 4.79 Å². The SMILES string of the molecule is Cc1nc([C@@H]2CCN(Cc3ccc(C(C)C)cc3)C2)nc(C)c1CC(=O)NC(C)C. The lowest BCUT2D eigenvalue weighted by Gasteiger charge is -2.17. The van der Waals surface area contributed by atoms with Gasteiger partial charge < -0.3 is 5.32 Å². The van der Waals surface area contributed by atoms with Crippen LogP contribution in [-0.2, 0) is 17.8 Å². The van der Waals surface area contributed by atoms with Gasteiger partial charge in [0.15, 0.2) is 0 Å². The zero-order valence-corrected chi connectivity index (χ0v) is 19.3. The van der Waals surface area contributed by atoms with E-state index in [1.165, 1.54) is 11.1 Å². The highest BCUT2D eigenvalue weighted by Gasteiger charge is 2.27. The van der Waals surface area contributed by atoms with Crippen molar-refractivity contribution in [2.24, 2.45) is 0 Å². The van der Waals surface area contributed by atoms with E-state index < -0.39 is 0 Å². The van der Waals surface area contributed by atoms with Gasteiger partial charge in [0.1, 0.15) is 5.82 Å². The van der Waals surface area contributed by atoms with Gasteiger partial charge in [0, 0.05) is 42.0 Å². The van der Waals surface area contributed by atoms with Crippen LogP contribution in [0.15, 0.2) is 24.3 Å². The van der Waals surface area contributed by atoms with E-state index >= 15 is 0 Å². The van der Waals surface area contributed by atoms with Crippen molar-refractivity contribution in [3.05, 3.63) is 58.2 Å². The van der Waals surface area contributed by atoms with Crippen LogP contribution >= 0.6 is 0 Å². The Morgan fingerprint density at radius 3 is 2.30 bits per heavy atom. The van der Waals surface area contributed by atoms with Crippen molar-refractivity contribution in [3.63, 3.8) is 0 Å². The number of hydrogen-bond acceptors (Lipinski definition) is 4. The number of hydrogen-bond donors (Lipinski definition) is 1. The minimum absolute atomic E-state index is 0.0306. The van der Waals surface area contributed by atoms with Gasteiger partial charge in [-0.3, -0.25) is 9.69 Å². The fraction of sp³-hybridized carbons (Fsp3) is 0.560. The Morgan fingerprint density at radius 1 is 1.10 bits per heavy atom. The third-order valence-corrected chi connectivity index (χ3v) is 5.92. The van der Waals surface area contributed by atoms with Crippen molar-refractivity contribution in [2.45, 2.75) is 78.8 Å². The molecule has 30 heavy (non-hydrogen) atoms. The highest BCUT2D eigenvalue weighted by Crippen LogP contribution is 2.27. The predicted octanol–water partition coefficient (Wildman–Crippen LogP) is 4.27. The summed E-state index contributed by atoms with van der Waals surface area (Å²) < 4.78 is 0. The van der Waals surface area contributed by atoms with E-state index in [1.807, 2.05) is 27.7 Å². The molecule has 2 heterocycles. The number of likely N-dealkylation sites (tertiary alicyclic amines) is 1. The van der Waals surface area contributed by atoms with Gasteiger partial charge in [-0.25, -0.2) is 9.97 Å². The molecule has 1 aliphatic rings. The monoisotopic (exact) mass is 408 g/mol. The maximum atomic E-state index is 12.2. The van der Waals surface area contributed by atoms with Crippen molar-refractivity contribution >= 4 is 5.91 Å². The van der Waals surface area contributed by atoms with E-state index in [4.69, 9.17) is 9.97 Å². The summed E-state index contributed by atoms with van der Waals surface area (Å²) in [5.41, 5.74) is 5.56. The average molecular weight is 409 g/mol. The van der Waals surface area contributed by atoms with Crippen molar-refractivity contribution in [3.8, 4) is 0 Å². The van der Waals surface area contributed by atoms with Gasteiger partial charge in [-0.1, -0.05) is 38.1 Å². The molecule has 1 aromatic heterocycles. The molecular weight excluding hydrogens is 372 g/mol. The van der Waals surface area contributed by atoms with E-state index in [1.54, 1.807) is 0 Å². The highest BCUT2D eigenvalue weighted by atomic mass is 16.1. The normalized spacial score (nSPS) is 17.1. The number of carbonyl (C=O) groups excluding carboxylic acids is 1. The summed E-state index contributed by atoms with van der Waals surface area (Å²) in [6.45, 7) is 15.4. The lowest BCUT2D eigenvalue weighted by molar-refractivity contribution is -0.120. The first-order valence-electron chi connectivity index (χ1n) is 11.2. The predicted molar refractivity (Wildman–Crippen MR) is 122 cm³/mol. The Labute approximate surface area is 181 Å². The second kappa shape index (κ2) is 9.69. The Kier molecular flexibility index (Phi) is 7.24. The lowest BCUT2D eigenvalue weighted by Crippen LogP contribution is -2.32. The summed E-state index contributed by atoms with van der Waals surface area (Å²) in [7, 11) is 0. The summed E-state index contributed by atoms with van der Waals surface area (Å²) in [6, 6.07) is 9.15. The number of aromatic nitrogens is 2. The topological polar surface area (TPSA) is 58.1 Å². The van der Waals surface area contributed by atoms with Crippen molar-refractivity contribution in [1.29, 1.82) is 0 Å². The van der Waals surface area contributed by atoms with Gasteiger partial charge in [0.2, 0.25) is 5.91 Å². The number of aryl methyl sites for hydroxylation is 2. The van der Waals surface area contributed by atoms with Crippen molar-refractivity contribution in [1.82, 2.24) is 20.2 Å². The second-order valence-corrected chi connectivity index (χ2v) is 9.25. The fourth-order valence-corrected chi connectivity index (χ4v) is 4.19. The maximum absolute atomic E-state index is 12.2. The molecule has 0 aliphatic carbocycles. The molecule has 0 bridgehead atoms. The molecule has 0 radical (unpaired) electrons. The Hall–Kier alpha value is -2.27. The molecule has 5 heteroatoms. The maximum Gasteiger partial charge on any atom is 0.224 e. The second-order valence-electron chi connectivity index (χ2n) is 9.25. The van der Waals surface area contributed by atoms with Gasteiger partial charge in [0.05, 0.1) is 6.42 Å². The van der Waals surface area contributed by atoms with Gasteiger partial charge in [-0.15, -0.1) is 0 Å². The molecule has 1 aliphatic heterocycles. The number of nitrogens with one attached hydrogen (secondary N) is 1. The van der Waals surface area contributed by atoms with Crippen LogP contribution in [-0.4, -0.2) is 39.9 Å². The zero-order valence-electron chi connectivity index (χ0n) is 19.3. The number of rotatable bonds is 7. The molecule has 3 rings (SSSR count). The molecule has 5 nitrogen and oxygen atoms in total. The number of benzene rings is 1. The molecule has 0 spiro atoms. The standard InChI is InChI=1S/C25H36N4O/c1-16(2)21-9-7-20(8-10-21)14-29-12-11-22(15-29)25-27-18(5)23(19(6)28-25)13-24(30)26-17(3)4/h7-10,16-17,22H,11-15H2,1-6H3,(H,26,30)/t22-/m1/s1. The van der Waals surface area contributed by atoms with E-state index in [0.29, 0.717) is 18.3 Å². The Morgan fingerprint density at radius 2 is 1.73 bits per heavy atom. The van der Waals surface area contributed by atoms with Gasteiger partial charge >= 0.3 is 0 Å². The summed E-state index contributed by atoms with van der Waals surface area (Å²) in [5, 5.41) is 2.95. The van der Waals surface area contributed by atoms with Crippen LogP contribution in [0.1, 0.15) is 79.9 Å². The third-order valence-electron chi connectivity index (χ3n) is 5.92. The zero-order chi connectivity index (χ0) is 21.8. The van der Waals surface area contributed by atoms with Crippen LogP contribution in [0.4, 0.5) is 0 Å². The molecule has 2 aromatic rings. The number of carbonyl (C=O) groups is 1. The molecule has 0 saturated carbocycles. The number of nitrogens with zero attached hydrogens (tertiary/aromatic N) is 3. The fourth-order valence-electron chi connectivity index (χ4n) is 4.19. The molecular formula is C25H36N4O. The van der Waals surface area contributed by atoms with Crippen LogP contribution in [0.5, 0.6) is 0 Å². The van der Waals surface area contributed by atoms with Gasteiger partial charge in [-0.2, -0.15) is 0 Å². The summed E-state index contributed by atoms with van der Waals surface area (Å²) in [6.07, 6.45) is 1.43. The molecule has 1 atom stereocenters. The molecule has 162 valence electrons. The Balaban J connectivity index is 1.63. The average Bonchev–Trinajstić information content (AvgIpc) is 3.13.